The van der Waals surface area contributed by atoms with Crippen LogP contribution >= 0.6 is 0 Å². The number of nitrogens with zero attached hydrogens (tertiary/aromatic N) is 2. The zero-order chi connectivity index (χ0) is 20.9. The van der Waals surface area contributed by atoms with E-state index in [1.165, 1.54) is 6.21 Å². The number of hydrogen-bond acceptors (Lipinski definition) is 5. The van der Waals surface area contributed by atoms with Gasteiger partial charge in [-0.25, -0.2) is 4.83 Å². The molecule has 7 nitrogen and oxygen atoms in total. The molecule has 0 saturated heterocycles. The van der Waals surface area contributed by atoms with Crippen LogP contribution < -0.4 is 9.57 Å². The monoisotopic (exact) mass is 412 g/mol. The molecule has 0 saturated carbocycles. The second kappa shape index (κ2) is 8.91. The minimum atomic E-state index is -3.74. The fraction of sp³-hybridized carbons (Fsp3) is 0.238. The Morgan fingerprint density at radius 3 is 2.45 bits per heavy atom. The molecule has 0 radical (unpaired) electrons. The Balaban J connectivity index is 1.71. The number of ether oxygens (including phenoxy) is 1. The largest absolute Gasteiger partial charge is 0.497 e. The summed E-state index contributed by atoms with van der Waals surface area (Å²) in [4.78, 5) is 2.42. The number of hydrogen-bond donors (Lipinski definition) is 2. The molecule has 0 aliphatic carbocycles. The molecule has 1 heterocycles. The molecule has 0 unspecified atom stereocenters. The molecular weight excluding hydrogens is 388 g/mol. The maximum Gasteiger partial charge on any atom is 0.276 e. The summed E-state index contributed by atoms with van der Waals surface area (Å²) >= 11 is 0. The number of hydrazone groups is 1. The third-order valence-corrected chi connectivity index (χ3v) is 5.54. The van der Waals surface area contributed by atoms with Crippen LogP contribution in [0.1, 0.15) is 25.0 Å². The van der Waals surface area contributed by atoms with E-state index in [9.17, 15) is 8.42 Å². The Morgan fingerprint density at radius 1 is 1.14 bits per heavy atom. The van der Waals surface area contributed by atoms with Gasteiger partial charge in [-0.2, -0.15) is 18.6 Å². The van der Waals surface area contributed by atoms with Crippen molar-refractivity contribution in [2.75, 3.05) is 7.11 Å². The topological polar surface area (TPSA) is 96.4 Å². The van der Waals surface area contributed by atoms with Crippen molar-refractivity contribution in [2.45, 2.75) is 25.2 Å². The Hall–Kier alpha value is -3.13. The molecule has 0 fully saturated rings. The molecule has 0 atom stereocenters. The summed E-state index contributed by atoms with van der Waals surface area (Å²) in [7, 11) is -2.14. The second-order valence-corrected chi connectivity index (χ2v) is 8.68. The maximum absolute atomic E-state index is 12.5. The van der Waals surface area contributed by atoms with E-state index in [-0.39, 0.29) is 4.90 Å². The fourth-order valence-corrected chi connectivity index (χ4v) is 3.67. The number of H-pyrrole nitrogens is 1. The molecule has 29 heavy (non-hydrogen) atoms. The molecule has 2 aromatic carbocycles. The van der Waals surface area contributed by atoms with Gasteiger partial charge in [0, 0.05) is 11.1 Å². The quantitative estimate of drug-likeness (QED) is 0.436. The Bertz CT molecular complexity index is 1070. The van der Waals surface area contributed by atoms with E-state index in [0.717, 1.165) is 29.0 Å². The normalized spacial score (nSPS) is 11.9. The van der Waals surface area contributed by atoms with Gasteiger partial charge in [-0.05, 0) is 54.3 Å². The molecule has 152 valence electrons. The van der Waals surface area contributed by atoms with Gasteiger partial charge in [-0.1, -0.05) is 26.0 Å². The van der Waals surface area contributed by atoms with Gasteiger partial charge in [0.05, 0.1) is 30.1 Å². The van der Waals surface area contributed by atoms with E-state index in [0.29, 0.717) is 11.5 Å². The lowest BCUT2D eigenvalue weighted by Crippen LogP contribution is -2.18. The summed E-state index contributed by atoms with van der Waals surface area (Å²) in [6, 6.07) is 14.3. The van der Waals surface area contributed by atoms with Crippen molar-refractivity contribution in [1.29, 1.82) is 0 Å². The van der Waals surface area contributed by atoms with Crippen molar-refractivity contribution in [3.05, 3.63) is 65.9 Å². The van der Waals surface area contributed by atoms with Crippen LogP contribution in [0.2, 0.25) is 0 Å². The zero-order valence-corrected chi connectivity index (χ0v) is 17.4. The van der Waals surface area contributed by atoms with Crippen molar-refractivity contribution in [2.24, 2.45) is 11.0 Å². The predicted octanol–water partition coefficient (Wildman–Crippen LogP) is 3.60. The second-order valence-electron chi connectivity index (χ2n) is 7.02. The van der Waals surface area contributed by atoms with E-state index in [1.54, 1.807) is 25.4 Å². The van der Waals surface area contributed by atoms with Crippen LogP contribution in [0.5, 0.6) is 5.75 Å². The molecule has 1 aromatic heterocycles. The highest BCUT2D eigenvalue weighted by atomic mass is 32.2. The summed E-state index contributed by atoms with van der Waals surface area (Å²) in [5, 5.41) is 10.8. The van der Waals surface area contributed by atoms with Crippen molar-refractivity contribution in [1.82, 2.24) is 15.0 Å². The Kier molecular flexibility index (Phi) is 6.33. The highest BCUT2D eigenvalue weighted by Crippen LogP contribution is 2.22. The molecule has 0 amide bonds. The number of benzene rings is 2. The molecular formula is C21H24N4O3S. The van der Waals surface area contributed by atoms with Crippen molar-refractivity contribution in [3.8, 4) is 17.0 Å². The lowest BCUT2D eigenvalue weighted by molar-refractivity contribution is 0.415. The highest BCUT2D eigenvalue weighted by molar-refractivity contribution is 7.89. The van der Waals surface area contributed by atoms with Crippen LogP contribution in [0, 0.1) is 5.92 Å². The average Bonchev–Trinajstić information content (AvgIpc) is 3.16. The SMILES string of the molecule is COc1ccc(-c2[nH]ncc2/C=N/NS(=O)(=O)c2ccc(CC(C)C)cc2)cc1. The van der Waals surface area contributed by atoms with Crippen molar-refractivity contribution >= 4 is 16.2 Å². The van der Waals surface area contributed by atoms with Gasteiger partial charge < -0.3 is 4.74 Å². The molecule has 0 bridgehead atoms. The minimum Gasteiger partial charge on any atom is -0.497 e. The van der Waals surface area contributed by atoms with E-state index >= 15 is 0 Å². The molecule has 8 heteroatoms. The highest BCUT2D eigenvalue weighted by Gasteiger charge is 2.13. The number of aromatic nitrogens is 2. The molecule has 3 aromatic rings. The summed E-state index contributed by atoms with van der Waals surface area (Å²) in [5.41, 5.74) is 3.37. The lowest BCUT2D eigenvalue weighted by Gasteiger charge is -2.07. The first kappa shape index (κ1) is 20.6. The van der Waals surface area contributed by atoms with Gasteiger partial charge in [-0.3, -0.25) is 5.10 Å². The van der Waals surface area contributed by atoms with Crippen LogP contribution in [0.4, 0.5) is 0 Å². The number of aromatic amines is 1. The number of rotatable bonds is 8. The Labute approximate surface area is 170 Å². The van der Waals surface area contributed by atoms with Gasteiger partial charge in [0.2, 0.25) is 0 Å². The Morgan fingerprint density at radius 2 is 1.83 bits per heavy atom. The first-order chi connectivity index (χ1) is 13.9. The van der Waals surface area contributed by atoms with Crippen molar-refractivity contribution < 1.29 is 13.2 Å². The maximum atomic E-state index is 12.5. The van der Waals surface area contributed by atoms with Gasteiger partial charge in [0.1, 0.15) is 5.75 Å². The van der Waals surface area contributed by atoms with Gasteiger partial charge >= 0.3 is 0 Å². The van der Waals surface area contributed by atoms with Gasteiger partial charge in [0.25, 0.3) is 10.0 Å². The average molecular weight is 413 g/mol. The van der Waals surface area contributed by atoms with Crippen LogP contribution in [-0.2, 0) is 16.4 Å². The van der Waals surface area contributed by atoms with E-state index in [1.807, 2.05) is 36.4 Å². The predicted molar refractivity (Wildman–Crippen MR) is 113 cm³/mol. The number of nitrogens with one attached hydrogen (secondary N) is 2. The third kappa shape index (κ3) is 5.23. The fourth-order valence-electron chi connectivity index (χ4n) is 2.88. The number of methoxy groups -OCH3 is 1. The summed E-state index contributed by atoms with van der Waals surface area (Å²) in [6.45, 7) is 4.24. The van der Waals surface area contributed by atoms with Crippen LogP contribution in [0.25, 0.3) is 11.3 Å². The van der Waals surface area contributed by atoms with Crippen LogP contribution in [-0.4, -0.2) is 31.9 Å². The van der Waals surface area contributed by atoms with E-state index in [4.69, 9.17) is 4.74 Å². The van der Waals surface area contributed by atoms with E-state index < -0.39 is 10.0 Å². The molecule has 2 N–H and O–H groups in total. The van der Waals surface area contributed by atoms with Crippen molar-refractivity contribution in [3.63, 3.8) is 0 Å². The third-order valence-electron chi connectivity index (χ3n) is 4.30. The minimum absolute atomic E-state index is 0.171. The van der Waals surface area contributed by atoms with Crippen LogP contribution in [0.3, 0.4) is 0 Å². The van der Waals surface area contributed by atoms with E-state index in [2.05, 4.69) is 34.0 Å². The molecule has 3 rings (SSSR count). The standard InChI is InChI=1S/C21H24N4O3S/c1-15(2)12-16-4-10-20(11-5-16)29(26,27)25-23-14-18-13-22-24-21(18)17-6-8-19(28-3)9-7-17/h4-11,13-15,25H,12H2,1-3H3,(H,22,24)/b23-14+. The summed E-state index contributed by atoms with van der Waals surface area (Å²) in [6.07, 6.45) is 3.91. The first-order valence-corrected chi connectivity index (χ1v) is 10.7. The first-order valence-electron chi connectivity index (χ1n) is 9.20. The van der Waals surface area contributed by atoms with Crippen LogP contribution in [0.15, 0.2) is 64.7 Å². The zero-order valence-electron chi connectivity index (χ0n) is 16.6. The van der Waals surface area contributed by atoms with Gasteiger partial charge in [-0.15, -0.1) is 0 Å². The molecule has 0 aliphatic heterocycles. The molecule has 0 aliphatic rings. The lowest BCUT2D eigenvalue weighted by atomic mass is 10.0. The summed E-state index contributed by atoms with van der Waals surface area (Å²) < 4.78 is 30.1. The molecule has 0 spiro atoms. The smallest absolute Gasteiger partial charge is 0.276 e. The number of sulfonamides is 1. The summed E-state index contributed by atoms with van der Waals surface area (Å²) in [5.74, 6) is 1.26. The van der Waals surface area contributed by atoms with Gasteiger partial charge in [0.15, 0.2) is 0 Å².